The Kier molecular flexibility index (Phi) is 5.82. The van der Waals surface area contributed by atoms with Crippen LogP contribution in [-0.4, -0.2) is 49.8 Å². The molecule has 1 N–H and O–H groups in total. The van der Waals surface area contributed by atoms with Crippen molar-refractivity contribution in [3.8, 4) is 11.1 Å². The first-order valence-electron chi connectivity index (χ1n) is 11.6. The van der Waals surface area contributed by atoms with Crippen molar-refractivity contribution in [2.24, 2.45) is 13.0 Å². The molecule has 3 heterocycles. The van der Waals surface area contributed by atoms with E-state index in [0.717, 1.165) is 41.7 Å². The third-order valence-electron chi connectivity index (χ3n) is 6.87. The Bertz CT molecular complexity index is 1160. The lowest BCUT2D eigenvalue weighted by Gasteiger charge is -2.27. The zero-order valence-corrected chi connectivity index (χ0v) is 18.7. The van der Waals surface area contributed by atoms with E-state index in [9.17, 15) is 13.6 Å². The molecule has 7 nitrogen and oxygen atoms in total. The maximum atomic E-state index is 13.4. The van der Waals surface area contributed by atoms with E-state index in [0.29, 0.717) is 5.82 Å². The third-order valence-corrected chi connectivity index (χ3v) is 6.87. The molecule has 1 aliphatic heterocycles. The summed E-state index contributed by atoms with van der Waals surface area (Å²) in [7, 11) is 1.97. The Balaban J connectivity index is 1.36. The number of rotatable bonds is 5. The quantitative estimate of drug-likeness (QED) is 0.619. The highest BCUT2D eigenvalue weighted by atomic mass is 19.3. The van der Waals surface area contributed by atoms with Crippen molar-refractivity contribution >= 4 is 22.6 Å². The van der Waals surface area contributed by atoms with Gasteiger partial charge in [-0.1, -0.05) is 6.07 Å². The van der Waals surface area contributed by atoms with Gasteiger partial charge in [0.05, 0.1) is 17.4 Å². The Morgan fingerprint density at radius 2 is 1.91 bits per heavy atom. The van der Waals surface area contributed by atoms with Crippen molar-refractivity contribution in [2.45, 2.75) is 51.0 Å². The molecule has 3 aromatic rings. The summed E-state index contributed by atoms with van der Waals surface area (Å²) in [4.78, 5) is 15.0. The van der Waals surface area contributed by atoms with Crippen molar-refractivity contribution in [3.05, 3.63) is 36.2 Å². The van der Waals surface area contributed by atoms with Gasteiger partial charge in [0.2, 0.25) is 11.8 Å². The number of hydrogen-bond donors (Lipinski definition) is 1. The molecule has 0 radical (unpaired) electrons. The first kappa shape index (κ1) is 21.9. The van der Waals surface area contributed by atoms with Gasteiger partial charge in [-0.25, -0.2) is 8.78 Å². The van der Waals surface area contributed by atoms with Crippen LogP contribution in [0.25, 0.3) is 22.0 Å². The van der Waals surface area contributed by atoms with Crippen molar-refractivity contribution in [2.75, 3.05) is 18.4 Å². The van der Waals surface area contributed by atoms with E-state index in [1.807, 2.05) is 36.1 Å². The minimum absolute atomic E-state index is 0.185. The lowest BCUT2D eigenvalue weighted by atomic mass is 9.86. The number of likely N-dealkylation sites (tertiary alicyclic amines) is 1. The van der Waals surface area contributed by atoms with Crippen LogP contribution >= 0.6 is 0 Å². The van der Waals surface area contributed by atoms with Gasteiger partial charge < -0.3 is 5.32 Å². The second kappa shape index (κ2) is 8.78. The monoisotopic (exact) mass is 454 g/mol. The van der Waals surface area contributed by atoms with Crippen LogP contribution in [0.5, 0.6) is 0 Å². The van der Waals surface area contributed by atoms with Gasteiger partial charge in [0.1, 0.15) is 0 Å². The van der Waals surface area contributed by atoms with Gasteiger partial charge >= 0.3 is 0 Å². The van der Waals surface area contributed by atoms with Gasteiger partial charge in [-0.2, -0.15) is 5.10 Å². The van der Waals surface area contributed by atoms with Crippen LogP contribution in [-0.2, 0) is 18.4 Å². The molecule has 9 heteroatoms. The van der Waals surface area contributed by atoms with Crippen LogP contribution in [0.1, 0.15) is 44.2 Å². The molecule has 0 bridgehead atoms. The number of aromatic nitrogens is 4. The third kappa shape index (κ3) is 4.73. The Labute approximate surface area is 191 Å². The lowest BCUT2D eigenvalue weighted by Crippen LogP contribution is -2.32. The largest absolute Gasteiger partial charge is 0.309 e. The maximum absolute atomic E-state index is 13.4. The molecule has 1 saturated carbocycles. The molecule has 0 spiro atoms. The number of carbonyl (C=O) groups excluding carboxylic acids is 1. The fraction of sp³-hybridized carbons (Fsp3) is 0.500. The number of halogens is 2. The SMILES string of the molecule is Cn1ncc(-c2ccc3nnc(NC(=O)C4CCC(F)(F)CC4)cc3c2)c1CN1CCCC1. The van der Waals surface area contributed by atoms with Crippen molar-refractivity contribution < 1.29 is 13.6 Å². The fourth-order valence-electron chi connectivity index (χ4n) is 4.85. The molecule has 0 unspecified atom stereocenters. The topological polar surface area (TPSA) is 75.9 Å². The Hall–Kier alpha value is -2.94. The first-order chi connectivity index (χ1) is 15.9. The molecule has 1 saturated heterocycles. The number of alkyl halides is 2. The van der Waals surface area contributed by atoms with E-state index in [2.05, 4.69) is 25.5 Å². The predicted molar refractivity (Wildman–Crippen MR) is 122 cm³/mol. The highest BCUT2D eigenvalue weighted by Crippen LogP contribution is 2.36. The Morgan fingerprint density at radius 3 is 2.67 bits per heavy atom. The van der Waals surface area contributed by atoms with Gasteiger partial charge in [-0.3, -0.25) is 14.4 Å². The number of fused-ring (bicyclic) bond motifs is 1. The van der Waals surface area contributed by atoms with Gasteiger partial charge in [-0.15, -0.1) is 10.2 Å². The summed E-state index contributed by atoms with van der Waals surface area (Å²) in [6.45, 7) is 3.08. The lowest BCUT2D eigenvalue weighted by molar-refractivity contribution is -0.124. The van der Waals surface area contributed by atoms with E-state index in [1.54, 1.807) is 6.07 Å². The molecule has 2 aliphatic rings. The van der Waals surface area contributed by atoms with Gasteiger partial charge in [0, 0.05) is 43.3 Å². The normalized spacial score (nSPS) is 19.2. The van der Waals surface area contributed by atoms with Gasteiger partial charge in [0.25, 0.3) is 0 Å². The summed E-state index contributed by atoms with van der Waals surface area (Å²) in [5.41, 5.74) is 4.00. The zero-order valence-electron chi connectivity index (χ0n) is 18.7. The summed E-state index contributed by atoms with van der Waals surface area (Å²) in [5, 5.41) is 16.5. The van der Waals surface area contributed by atoms with Crippen LogP contribution < -0.4 is 5.32 Å². The molecule has 174 valence electrons. The molecule has 0 atom stereocenters. The molecular formula is C24H28F2N6O. The second-order valence-corrected chi connectivity index (χ2v) is 9.23. The van der Waals surface area contributed by atoms with E-state index in [4.69, 9.17) is 0 Å². The number of hydrogen-bond acceptors (Lipinski definition) is 5. The van der Waals surface area contributed by atoms with Crippen molar-refractivity contribution in [1.82, 2.24) is 24.9 Å². The second-order valence-electron chi connectivity index (χ2n) is 9.23. The van der Waals surface area contributed by atoms with E-state index in [1.165, 1.54) is 18.5 Å². The molecule has 1 aromatic carbocycles. The number of aryl methyl sites for hydroxylation is 1. The maximum Gasteiger partial charge on any atom is 0.248 e. The van der Waals surface area contributed by atoms with Crippen LogP contribution in [0.4, 0.5) is 14.6 Å². The van der Waals surface area contributed by atoms with Gasteiger partial charge in [0.15, 0.2) is 5.82 Å². The number of carbonyl (C=O) groups is 1. The summed E-state index contributed by atoms with van der Waals surface area (Å²) < 4.78 is 28.7. The van der Waals surface area contributed by atoms with Crippen molar-refractivity contribution in [1.29, 1.82) is 0 Å². The summed E-state index contributed by atoms with van der Waals surface area (Å²) in [5.74, 6) is -3.01. The number of nitrogens with one attached hydrogen (secondary N) is 1. The minimum atomic E-state index is -2.66. The first-order valence-corrected chi connectivity index (χ1v) is 11.6. The average Bonchev–Trinajstić information content (AvgIpc) is 3.43. The number of anilines is 1. The minimum Gasteiger partial charge on any atom is -0.309 e. The molecule has 1 amide bonds. The predicted octanol–water partition coefficient (Wildman–Crippen LogP) is 4.39. The molecule has 5 rings (SSSR count). The van der Waals surface area contributed by atoms with E-state index < -0.39 is 11.8 Å². The van der Waals surface area contributed by atoms with Crippen LogP contribution in [0, 0.1) is 5.92 Å². The summed E-state index contributed by atoms with van der Waals surface area (Å²) in [6.07, 6.45) is 4.24. The number of nitrogens with zero attached hydrogens (tertiary/aromatic N) is 5. The molecule has 33 heavy (non-hydrogen) atoms. The molecule has 2 fully saturated rings. The molecule has 1 aliphatic carbocycles. The van der Waals surface area contributed by atoms with Crippen LogP contribution in [0.15, 0.2) is 30.5 Å². The fourth-order valence-corrected chi connectivity index (χ4v) is 4.85. The standard InChI is InChI=1S/C24H28F2N6O/c1-31-21(15-32-10-2-3-11-32)19(14-27-31)17-4-5-20-18(12-17)13-22(30-29-20)28-23(33)16-6-8-24(25,26)9-7-16/h4-5,12-14,16H,2-3,6-11,15H2,1H3,(H,28,30,33). The number of benzene rings is 1. The molecular weight excluding hydrogens is 426 g/mol. The van der Waals surface area contributed by atoms with Gasteiger partial charge in [-0.05, 0) is 62.5 Å². The Morgan fingerprint density at radius 1 is 1.15 bits per heavy atom. The van der Waals surface area contributed by atoms with E-state index in [-0.39, 0.29) is 31.6 Å². The number of amides is 1. The van der Waals surface area contributed by atoms with Crippen LogP contribution in [0.2, 0.25) is 0 Å². The zero-order chi connectivity index (χ0) is 23.0. The highest BCUT2D eigenvalue weighted by Gasteiger charge is 2.37. The average molecular weight is 455 g/mol. The van der Waals surface area contributed by atoms with Crippen molar-refractivity contribution in [3.63, 3.8) is 0 Å². The molecule has 2 aromatic heterocycles. The van der Waals surface area contributed by atoms with Crippen LogP contribution in [0.3, 0.4) is 0 Å². The smallest absolute Gasteiger partial charge is 0.248 e. The van der Waals surface area contributed by atoms with E-state index >= 15 is 0 Å². The summed E-state index contributed by atoms with van der Waals surface area (Å²) >= 11 is 0. The highest BCUT2D eigenvalue weighted by molar-refractivity contribution is 5.94. The summed E-state index contributed by atoms with van der Waals surface area (Å²) in [6, 6.07) is 7.75.